The highest BCUT2D eigenvalue weighted by Gasteiger charge is 2.26. The van der Waals surface area contributed by atoms with Crippen molar-refractivity contribution >= 4 is 36.2 Å². The van der Waals surface area contributed by atoms with Crippen LogP contribution in [-0.2, 0) is 14.2 Å². The van der Waals surface area contributed by atoms with Crippen molar-refractivity contribution in [2.75, 3.05) is 13.2 Å². The van der Waals surface area contributed by atoms with Gasteiger partial charge in [0.1, 0.15) is 22.6 Å². The number of alkyl carbamates (subject to hydrolysis) is 2. The first-order chi connectivity index (χ1) is 19.1. The maximum absolute atomic E-state index is 12.3. The first-order valence-electron chi connectivity index (χ1n) is 13.1. The molecule has 0 radical (unpaired) electrons. The van der Waals surface area contributed by atoms with Crippen molar-refractivity contribution < 1.29 is 43.2 Å². The topological polar surface area (TPSA) is 202 Å². The van der Waals surface area contributed by atoms with Crippen LogP contribution in [-0.4, -0.2) is 81.1 Å². The van der Waals surface area contributed by atoms with Crippen molar-refractivity contribution in [2.24, 2.45) is 4.99 Å². The third-order valence-corrected chi connectivity index (χ3v) is 4.37. The highest BCUT2D eigenvalue weighted by atomic mass is 16.6. The number of hydrogen-bond acceptors (Lipinski definition) is 10. The molecule has 1 rings (SSSR count). The highest BCUT2D eigenvalue weighted by molar-refractivity contribution is 6.05. The number of nitrogens with zero attached hydrogens (tertiary/aromatic N) is 3. The number of hydrogen-bond donors (Lipinski definition) is 4. The molecular weight excluding hydrogens is 552 g/mol. The normalized spacial score (nSPS) is 12.1. The van der Waals surface area contributed by atoms with E-state index in [-0.39, 0.29) is 31.3 Å². The zero-order chi connectivity index (χ0) is 32.3. The standard InChI is InChI=1S/C27H42N6O9/c1-25(2,3)40-21(34)30-19(28)17-12-13-18(29-16-17)39-15-11-10-14-33(24(37)38)20(31-22(35)41-26(4,5)6)32-23(36)42-27(7,8)9/h12-13,16H,10-11,14-15H2,1-9H3,(H,37,38)(H2,28,30,34)(H,31,32,35,36). The fourth-order valence-electron chi connectivity index (χ4n) is 2.85. The van der Waals surface area contributed by atoms with E-state index in [0.717, 1.165) is 0 Å². The van der Waals surface area contributed by atoms with Gasteiger partial charge in [-0.05, 0) is 81.2 Å². The van der Waals surface area contributed by atoms with E-state index in [1.54, 1.807) is 62.3 Å². The summed E-state index contributed by atoms with van der Waals surface area (Å²) in [6, 6.07) is 3.05. The van der Waals surface area contributed by atoms with Crippen LogP contribution in [0.3, 0.4) is 0 Å². The summed E-state index contributed by atoms with van der Waals surface area (Å²) in [6.45, 7) is 14.9. The number of guanidine groups is 1. The molecule has 0 saturated carbocycles. The summed E-state index contributed by atoms with van der Waals surface area (Å²) >= 11 is 0. The van der Waals surface area contributed by atoms with Crippen molar-refractivity contribution in [2.45, 2.75) is 92.0 Å². The summed E-state index contributed by atoms with van der Waals surface area (Å²) < 4.78 is 21.0. The predicted molar refractivity (Wildman–Crippen MR) is 153 cm³/mol. The number of unbranched alkanes of at least 4 members (excludes halogenated alkanes) is 1. The molecule has 0 atom stereocenters. The van der Waals surface area contributed by atoms with Crippen molar-refractivity contribution in [1.29, 1.82) is 5.41 Å². The maximum Gasteiger partial charge on any atom is 0.437 e. The minimum Gasteiger partial charge on any atom is -0.478 e. The second-order valence-corrected chi connectivity index (χ2v) is 11.9. The predicted octanol–water partition coefficient (Wildman–Crippen LogP) is 4.89. The number of pyridine rings is 1. The van der Waals surface area contributed by atoms with E-state index >= 15 is 0 Å². The molecule has 0 fully saturated rings. The Kier molecular flexibility index (Phi) is 12.7. The summed E-state index contributed by atoms with van der Waals surface area (Å²) in [6.07, 6.45) is -2.33. The molecule has 0 bridgehead atoms. The Morgan fingerprint density at radius 2 is 1.43 bits per heavy atom. The molecule has 0 aliphatic heterocycles. The number of nitrogens with one attached hydrogen (secondary N) is 3. The van der Waals surface area contributed by atoms with Crippen LogP contribution in [0.4, 0.5) is 19.2 Å². The van der Waals surface area contributed by atoms with Gasteiger partial charge < -0.3 is 24.1 Å². The average molecular weight is 595 g/mol. The lowest BCUT2D eigenvalue weighted by atomic mass is 10.2. The van der Waals surface area contributed by atoms with Gasteiger partial charge in [0.05, 0.1) is 6.61 Å². The number of aliphatic imine (C=N–C) groups is 1. The van der Waals surface area contributed by atoms with Crippen molar-refractivity contribution in [3.05, 3.63) is 23.9 Å². The van der Waals surface area contributed by atoms with Gasteiger partial charge in [-0.3, -0.25) is 16.0 Å². The lowest BCUT2D eigenvalue weighted by Crippen LogP contribution is -2.49. The van der Waals surface area contributed by atoms with E-state index in [1.165, 1.54) is 18.3 Å². The number of rotatable bonds is 7. The molecule has 1 heterocycles. The smallest absolute Gasteiger partial charge is 0.437 e. The van der Waals surface area contributed by atoms with E-state index in [0.29, 0.717) is 16.9 Å². The Labute approximate surface area is 245 Å². The molecule has 0 unspecified atom stereocenters. The van der Waals surface area contributed by atoms with Crippen LogP contribution in [0.5, 0.6) is 5.88 Å². The van der Waals surface area contributed by atoms with Crippen LogP contribution < -0.4 is 15.4 Å². The summed E-state index contributed by atoms with van der Waals surface area (Å²) in [7, 11) is 0. The second-order valence-electron chi connectivity index (χ2n) is 11.9. The SMILES string of the molecule is CC(C)(C)OC(=O)N=C(NC(=O)OC(C)(C)C)N(CCCCOc1ccc(C(=N)NC(=O)OC(C)(C)C)cn1)C(=O)O. The van der Waals surface area contributed by atoms with E-state index < -0.39 is 47.1 Å². The molecule has 234 valence electrons. The first kappa shape index (κ1) is 35.6. The molecule has 15 nitrogen and oxygen atoms in total. The molecule has 4 N–H and O–H groups in total. The van der Waals surface area contributed by atoms with Gasteiger partial charge in [0.2, 0.25) is 11.8 Å². The van der Waals surface area contributed by atoms with E-state index in [2.05, 4.69) is 20.6 Å². The summed E-state index contributed by atoms with van der Waals surface area (Å²) in [4.78, 5) is 56.9. The number of amidine groups is 1. The van der Waals surface area contributed by atoms with Crippen molar-refractivity contribution in [3.8, 4) is 5.88 Å². The number of carbonyl (C=O) groups is 4. The van der Waals surface area contributed by atoms with Crippen LogP contribution in [0.15, 0.2) is 23.3 Å². The molecule has 0 saturated heterocycles. The van der Waals surface area contributed by atoms with Gasteiger partial charge in [0, 0.05) is 24.4 Å². The minimum atomic E-state index is -1.46. The van der Waals surface area contributed by atoms with Gasteiger partial charge in [0.15, 0.2) is 0 Å². The third kappa shape index (κ3) is 15.4. The summed E-state index contributed by atoms with van der Waals surface area (Å²) in [5.41, 5.74) is -2.15. The highest BCUT2D eigenvalue weighted by Crippen LogP contribution is 2.12. The molecule has 0 aliphatic carbocycles. The monoisotopic (exact) mass is 594 g/mol. The Morgan fingerprint density at radius 3 is 1.90 bits per heavy atom. The summed E-state index contributed by atoms with van der Waals surface area (Å²) in [5, 5.41) is 22.3. The Bertz CT molecular complexity index is 1150. The number of carboxylic acid groups (broad SMARTS) is 1. The van der Waals surface area contributed by atoms with Crippen LogP contribution in [0, 0.1) is 5.41 Å². The molecule has 15 heteroatoms. The van der Waals surface area contributed by atoms with Gasteiger partial charge in [0.25, 0.3) is 0 Å². The van der Waals surface area contributed by atoms with Gasteiger partial charge in [-0.1, -0.05) is 0 Å². The number of aromatic nitrogens is 1. The average Bonchev–Trinajstić information content (AvgIpc) is 2.77. The van der Waals surface area contributed by atoms with E-state index in [4.69, 9.17) is 24.4 Å². The molecule has 42 heavy (non-hydrogen) atoms. The maximum atomic E-state index is 12.3. The summed E-state index contributed by atoms with van der Waals surface area (Å²) in [5.74, 6) is -0.509. The first-order valence-corrected chi connectivity index (χ1v) is 13.1. The fraction of sp³-hybridized carbons (Fsp3) is 0.593. The molecule has 4 amide bonds. The third-order valence-electron chi connectivity index (χ3n) is 4.37. The lowest BCUT2D eigenvalue weighted by Gasteiger charge is -2.24. The Hall–Kier alpha value is -4.43. The van der Waals surface area contributed by atoms with Crippen LogP contribution in [0.25, 0.3) is 0 Å². The van der Waals surface area contributed by atoms with Crippen LogP contribution in [0.1, 0.15) is 80.7 Å². The largest absolute Gasteiger partial charge is 0.478 e. The molecule has 0 spiro atoms. The zero-order valence-electron chi connectivity index (χ0n) is 25.6. The van der Waals surface area contributed by atoms with Gasteiger partial charge in [-0.15, -0.1) is 4.99 Å². The second kappa shape index (κ2) is 15.0. The van der Waals surface area contributed by atoms with Crippen LogP contribution in [0.2, 0.25) is 0 Å². The quantitative estimate of drug-likeness (QED) is 0.146. The molecular formula is C27H42N6O9. The number of carbonyl (C=O) groups excluding carboxylic acids is 3. The van der Waals surface area contributed by atoms with Crippen molar-refractivity contribution in [1.82, 2.24) is 20.5 Å². The van der Waals surface area contributed by atoms with E-state index in [9.17, 15) is 24.3 Å². The van der Waals surface area contributed by atoms with Crippen molar-refractivity contribution in [3.63, 3.8) is 0 Å². The Balaban J connectivity index is 2.77. The molecule has 0 aliphatic rings. The minimum absolute atomic E-state index is 0.143. The number of amides is 4. The molecule has 1 aromatic heterocycles. The zero-order valence-corrected chi connectivity index (χ0v) is 25.6. The van der Waals surface area contributed by atoms with Gasteiger partial charge >= 0.3 is 24.4 Å². The van der Waals surface area contributed by atoms with Gasteiger partial charge in [-0.2, -0.15) is 0 Å². The lowest BCUT2D eigenvalue weighted by molar-refractivity contribution is 0.0543. The van der Waals surface area contributed by atoms with E-state index in [1.807, 2.05) is 0 Å². The van der Waals surface area contributed by atoms with Crippen LogP contribution >= 0.6 is 0 Å². The molecule has 1 aromatic rings. The van der Waals surface area contributed by atoms with Gasteiger partial charge in [-0.25, -0.2) is 29.1 Å². The molecule has 0 aromatic carbocycles. The fourth-order valence-corrected chi connectivity index (χ4v) is 2.85. The Morgan fingerprint density at radius 1 is 0.881 bits per heavy atom. The number of ether oxygens (including phenoxy) is 4.